The first-order valence-electron chi connectivity index (χ1n) is 4.39. The lowest BCUT2D eigenvalue weighted by Crippen LogP contribution is -1.91. The van der Waals surface area contributed by atoms with E-state index in [0.29, 0.717) is 11.5 Å². The third-order valence-corrected chi connectivity index (χ3v) is 1.53. The standard InChI is InChI=1S/C10H13N3/c1-2-3-4-5-6-10-12-7-9(11)8-13-10/h7-8H,2-4,11H2,1H3. The number of aromatic nitrogens is 2. The molecule has 3 heteroatoms. The topological polar surface area (TPSA) is 51.8 Å². The van der Waals surface area contributed by atoms with Crippen molar-refractivity contribution in [3.63, 3.8) is 0 Å². The van der Waals surface area contributed by atoms with Crippen LogP contribution in [0.5, 0.6) is 0 Å². The summed E-state index contributed by atoms with van der Waals surface area (Å²) in [7, 11) is 0. The van der Waals surface area contributed by atoms with Crippen molar-refractivity contribution in [2.45, 2.75) is 26.2 Å². The van der Waals surface area contributed by atoms with Gasteiger partial charge >= 0.3 is 0 Å². The van der Waals surface area contributed by atoms with E-state index in [9.17, 15) is 0 Å². The highest BCUT2D eigenvalue weighted by Gasteiger charge is 1.88. The molecule has 0 spiro atoms. The first-order chi connectivity index (χ1) is 6.33. The maximum atomic E-state index is 5.43. The SMILES string of the molecule is CCCCC#Cc1ncc(N)cn1. The van der Waals surface area contributed by atoms with Gasteiger partial charge in [-0.3, -0.25) is 0 Å². The molecule has 68 valence electrons. The van der Waals surface area contributed by atoms with Crippen molar-refractivity contribution in [1.82, 2.24) is 9.97 Å². The summed E-state index contributed by atoms with van der Waals surface area (Å²) < 4.78 is 0. The van der Waals surface area contributed by atoms with Gasteiger partial charge in [0.2, 0.25) is 5.82 Å². The van der Waals surface area contributed by atoms with Gasteiger partial charge < -0.3 is 5.73 Å². The van der Waals surface area contributed by atoms with Crippen LogP contribution in [0.1, 0.15) is 32.0 Å². The predicted molar refractivity (Wildman–Crippen MR) is 52.8 cm³/mol. The third kappa shape index (κ3) is 3.57. The summed E-state index contributed by atoms with van der Waals surface area (Å²) >= 11 is 0. The van der Waals surface area contributed by atoms with E-state index in [1.807, 2.05) is 0 Å². The van der Waals surface area contributed by atoms with E-state index < -0.39 is 0 Å². The van der Waals surface area contributed by atoms with Gasteiger partial charge in [-0.05, 0) is 12.3 Å². The number of nitrogens with two attached hydrogens (primary N) is 1. The number of anilines is 1. The highest BCUT2D eigenvalue weighted by atomic mass is 14.9. The number of hydrogen-bond acceptors (Lipinski definition) is 3. The van der Waals surface area contributed by atoms with Crippen LogP contribution in [0.2, 0.25) is 0 Å². The molecule has 1 rings (SSSR count). The van der Waals surface area contributed by atoms with Crippen LogP contribution in [0.15, 0.2) is 12.4 Å². The minimum absolute atomic E-state index is 0.547. The van der Waals surface area contributed by atoms with Gasteiger partial charge in [0.1, 0.15) is 0 Å². The molecule has 13 heavy (non-hydrogen) atoms. The molecule has 0 aliphatic heterocycles. The summed E-state index contributed by atoms with van der Waals surface area (Å²) in [6.45, 7) is 2.14. The van der Waals surface area contributed by atoms with Gasteiger partial charge in [0.15, 0.2) is 0 Å². The van der Waals surface area contributed by atoms with E-state index in [2.05, 4.69) is 28.7 Å². The van der Waals surface area contributed by atoms with Gasteiger partial charge in [-0.25, -0.2) is 9.97 Å². The van der Waals surface area contributed by atoms with Crippen molar-refractivity contribution in [2.75, 3.05) is 5.73 Å². The smallest absolute Gasteiger partial charge is 0.204 e. The van der Waals surface area contributed by atoms with E-state index >= 15 is 0 Å². The monoisotopic (exact) mass is 175 g/mol. The van der Waals surface area contributed by atoms with E-state index in [1.54, 1.807) is 12.4 Å². The maximum absolute atomic E-state index is 5.43. The van der Waals surface area contributed by atoms with E-state index in [1.165, 1.54) is 0 Å². The zero-order chi connectivity index (χ0) is 9.52. The maximum Gasteiger partial charge on any atom is 0.204 e. The van der Waals surface area contributed by atoms with E-state index in [-0.39, 0.29) is 0 Å². The molecule has 0 bridgehead atoms. The van der Waals surface area contributed by atoms with Crippen molar-refractivity contribution in [3.05, 3.63) is 18.2 Å². The van der Waals surface area contributed by atoms with Crippen LogP contribution < -0.4 is 5.73 Å². The molecule has 1 aromatic rings. The average molecular weight is 175 g/mol. The minimum atomic E-state index is 0.547. The van der Waals surface area contributed by atoms with Crippen LogP contribution in [0.4, 0.5) is 5.69 Å². The Morgan fingerprint density at radius 1 is 1.38 bits per heavy atom. The Kier molecular flexibility index (Phi) is 3.77. The number of unbranched alkanes of at least 4 members (excludes halogenated alkanes) is 2. The van der Waals surface area contributed by atoms with Crippen LogP contribution in [-0.2, 0) is 0 Å². The first kappa shape index (κ1) is 9.53. The van der Waals surface area contributed by atoms with E-state index in [4.69, 9.17) is 5.73 Å². The normalized spacial score (nSPS) is 9.00. The lowest BCUT2D eigenvalue weighted by molar-refractivity contribution is 0.828. The predicted octanol–water partition coefficient (Wildman–Crippen LogP) is 1.60. The summed E-state index contributed by atoms with van der Waals surface area (Å²) in [6.07, 6.45) is 6.33. The Morgan fingerprint density at radius 3 is 2.69 bits per heavy atom. The summed E-state index contributed by atoms with van der Waals surface area (Å²) in [5, 5.41) is 0. The third-order valence-electron chi connectivity index (χ3n) is 1.53. The summed E-state index contributed by atoms with van der Waals surface area (Å²) in [6, 6.07) is 0. The van der Waals surface area contributed by atoms with Crippen molar-refractivity contribution < 1.29 is 0 Å². The fraction of sp³-hybridized carbons (Fsp3) is 0.400. The van der Waals surface area contributed by atoms with Crippen LogP contribution in [0.3, 0.4) is 0 Å². The fourth-order valence-electron chi connectivity index (χ4n) is 0.809. The van der Waals surface area contributed by atoms with Crippen LogP contribution in [0.25, 0.3) is 0 Å². The van der Waals surface area contributed by atoms with Gasteiger partial charge in [-0.1, -0.05) is 19.3 Å². The Labute approximate surface area is 78.4 Å². The molecule has 0 atom stereocenters. The largest absolute Gasteiger partial charge is 0.396 e. The lowest BCUT2D eigenvalue weighted by Gasteiger charge is -1.89. The van der Waals surface area contributed by atoms with E-state index in [0.717, 1.165) is 19.3 Å². The molecule has 0 unspecified atom stereocenters. The first-order valence-corrected chi connectivity index (χ1v) is 4.39. The molecule has 0 aromatic carbocycles. The molecule has 1 heterocycles. The molecular formula is C10H13N3. The van der Waals surface area contributed by atoms with Gasteiger partial charge in [-0.15, -0.1) is 0 Å². The number of hydrogen-bond donors (Lipinski definition) is 1. The second-order valence-corrected chi connectivity index (χ2v) is 2.75. The number of rotatable bonds is 2. The highest BCUT2D eigenvalue weighted by Crippen LogP contribution is 1.95. The second-order valence-electron chi connectivity index (χ2n) is 2.75. The lowest BCUT2D eigenvalue weighted by atomic mass is 10.2. The van der Waals surface area contributed by atoms with Gasteiger partial charge in [0.25, 0.3) is 0 Å². The number of nitrogen functional groups attached to an aromatic ring is 1. The molecule has 1 aromatic heterocycles. The van der Waals surface area contributed by atoms with Crippen molar-refractivity contribution in [1.29, 1.82) is 0 Å². The number of nitrogens with zero attached hydrogens (tertiary/aromatic N) is 2. The Balaban J connectivity index is 2.52. The summed E-state index contributed by atoms with van der Waals surface area (Å²) in [5.74, 6) is 6.43. The van der Waals surface area contributed by atoms with Crippen molar-refractivity contribution in [3.8, 4) is 11.8 Å². The second kappa shape index (κ2) is 5.15. The molecule has 0 radical (unpaired) electrons. The molecule has 0 aliphatic carbocycles. The molecule has 0 saturated heterocycles. The molecule has 0 aliphatic rings. The zero-order valence-electron chi connectivity index (χ0n) is 7.75. The fourth-order valence-corrected chi connectivity index (χ4v) is 0.809. The molecule has 0 amide bonds. The summed E-state index contributed by atoms with van der Waals surface area (Å²) in [4.78, 5) is 7.93. The van der Waals surface area contributed by atoms with Crippen LogP contribution in [0, 0.1) is 11.8 Å². The molecule has 0 saturated carbocycles. The molecule has 2 N–H and O–H groups in total. The van der Waals surface area contributed by atoms with Crippen molar-refractivity contribution >= 4 is 5.69 Å². The van der Waals surface area contributed by atoms with Gasteiger partial charge in [-0.2, -0.15) is 0 Å². The van der Waals surface area contributed by atoms with Gasteiger partial charge in [0, 0.05) is 6.42 Å². The quantitative estimate of drug-likeness (QED) is 0.548. The van der Waals surface area contributed by atoms with Gasteiger partial charge in [0.05, 0.1) is 18.1 Å². The molecular weight excluding hydrogens is 162 g/mol. The highest BCUT2D eigenvalue weighted by molar-refractivity contribution is 5.33. The zero-order valence-corrected chi connectivity index (χ0v) is 7.75. The summed E-state index contributed by atoms with van der Waals surface area (Å²) in [5.41, 5.74) is 6.00. The molecule has 0 fully saturated rings. The average Bonchev–Trinajstić information content (AvgIpc) is 2.15. The Morgan fingerprint density at radius 2 is 2.08 bits per heavy atom. The van der Waals surface area contributed by atoms with Crippen LogP contribution >= 0.6 is 0 Å². The minimum Gasteiger partial charge on any atom is -0.396 e. The Hall–Kier alpha value is -1.56. The Bertz CT molecular complexity index is 305. The van der Waals surface area contributed by atoms with Crippen molar-refractivity contribution in [2.24, 2.45) is 0 Å². The molecule has 3 nitrogen and oxygen atoms in total. The van der Waals surface area contributed by atoms with Crippen LogP contribution in [-0.4, -0.2) is 9.97 Å².